The third-order valence-electron chi connectivity index (χ3n) is 1.95. The summed E-state index contributed by atoms with van der Waals surface area (Å²) in [5, 5.41) is 5.10. The lowest BCUT2D eigenvalue weighted by Crippen LogP contribution is -2.22. The van der Waals surface area contributed by atoms with E-state index in [1.165, 1.54) is 12.3 Å². The summed E-state index contributed by atoms with van der Waals surface area (Å²) >= 11 is 0. The standard InChI is InChI=1S/C11H10N4O2/c16-10-12-7-6-9(14-10)15-11(17)13-8-4-2-1-3-5-8/h1-7H,(H3,12,13,14,15,16,17). The maximum Gasteiger partial charge on any atom is 0.346 e. The van der Waals surface area contributed by atoms with Gasteiger partial charge >= 0.3 is 11.7 Å². The summed E-state index contributed by atoms with van der Waals surface area (Å²) in [7, 11) is 0. The molecule has 1 aromatic carbocycles. The molecule has 6 heteroatoms. The molecule has 0 aliphatic heterocycles. The van der Waals surface area contributed by atoms with E-state index in [1.807, 2.05) is 18.2 Å². The monoisotopic (exact) mass is 230 g/mol. The van der Waals surface area contributed by atoms with Crippen molar-refractivity contribution in [3.8, 4) is 0 Å². The van der Waals surface area contributed by atoms with Gasteiger partial charge in [-0.05, 0) is 18.2 Å². The average Bonchev–Trinajstić information content (AvgIpc) is 2.30. The van der Waals surface area contributed by atoms with Crippen LogP contribution in [0.1, 0.15) is 0 Å². The molecule has 0 aliphatic rings. The normalized spacial score (nSPS) is 9.65. The summed E-state index contributed by atoms with van der Waals surface area (Å²) in [6.45, 7) is 0. The molecule has 0 saturated heterocycles. The predicted molar refractivity (Wildman–Crippen MR) is 63.9 cm³/mol. The molecule has 0 bridgehead atoms. The summed E-state index contributed by atoms with van der Waals surface area (Å²) in [6.07, 6.45) is 1.32. The van der Waals surface area contributed by atoms with Crippen LogP contribution in [0.4, 0.5) is 16.3 Å². The molecule has 2 aromatic rings. The number of aromatic nitrogens is 2. The molecule has 0 unspecified atom stereocenters. The Morgan fingerprint density at radius 1 is 1.12 bits per heavy atom. The zero-order valence-corrected chi connectivity index (χ0v) is 8.81. The van der Waals surface area contributed by atoms with Gasteiger partial charge in [-0.25, -0.2) is 14.6 Å². The van der Waals surface area contributed by atoms with Crippen molar-refractivity contribution in [1.82, 2.24) is 9.97 Å². The maximum atomic E-state index is 11.5. The molecule has 6 nitrogen and oxygen atoms in total. The molecule has 1 aromatic heterocycles. The van der Waals surface area contributed by atoms with Crippen LogP contribution in [-0.2, 0) is 0 Å². The van der Waals surface area contributed by atoms with E-state index in [2.05, 4.69) is 20.6 Å². The van der Waals surface area contributed by atoms with Gasteiger partial charge in [-0.1, -0.05) is 18.2 Å². The zero-order valence-electron chi connectivity index (χ0n) is 8.81. The maximum absolute atomic E-state index is 11.5. The van der Waals surface area contributed by atoms with Gasteiger partial charge in [0, 0.05) is 11.9 Å². The average molecular weight is 230 g/mol. The van der Waals surface area contributed by atoms with E-state index in [9.17, 15) is 9.59 Å². The number of hydrogen-bond donors (Lipinski definition) is 3. The van der Waals surface area contributed by atoms with Crippen molar-refractivity contribution in [2.24, 2.45) is 0 Å². The second kappa shape index (κ2) is 4.93. The van der Waals surface area contributed by atoms with Crippen molar-refractivity contribution in [2.45, 2.75) is 0 Å². The minimum atomic E-state index is -0.512. The van der Waals surface area contributed by atoms with Crippen molar-refractivity contribution in [2.75, 3.05) is 10.6 Å². The molecule has 86 valence electrons. The number of amides is 2. The topological polar surface area (TPSA) is 86.9 Å². The minimum Gasteiger partial charge on any atom is -0.308 e. The highest BCUT2D eigenvalue weighted by atomic mass is 16.2. The van der Waals surface area contributed by atoms with Crippen LogP contribution in [0.5, 0.6) is 0 Å². The summed E-state index contributed by atoms with van der Waals surface area (Å²) in [5.41, 5.74) is 0.156. The molecule has 0 radical (unpaired) electrons. The molecule has 0 fully saturated rings. The van der Waals surface area contributed by atoms with Gasteiger partial charge in [-0.15, -0.1) is 0 Å². The van der Waals surface area contributed by atoms with Crippen LogP contribution in [0.15, 0.2) is 47.4 Å². The van der Waals surface area contributed by atoms with Gasteiger partial charge in [-0.2, -0.15) is 0 Å². The van der Waals surface area contributed by atoms with Crippen LogP contribution in [-0.4, -0.2) is 16.0 Å². The number of hydrogen-bond acceptors (Lipinski definition) is 3. The van der Waals surface area contributed by atoms with Crippen LogP contribution in [0.25, 0.3) is 0 Å². The Hall–Kier alpha value is -2.63. The Bertz CT molecular complexity index is 565. The number of carbonyl (C=O) groups is 1. The van der Waals surface area contributed by atoms with Crippen molar-refractivity contribution in [1.29, 1.82) is 0 Å². The highest BCUT2D eigenvalue weighted by Crippen LogP contribution is 2.05. The van der Waals surface area contributed by atoms with Crippen molar-refractivity contribution in [3.05, 3.63) is 53.1 Å². The number of urea groups is 1. The zero-order chi connectivity index (χ0) is 12.1. The van der Waals surface area contributed by atoms with Gasteiger partial charge < -0.3 is 5.32 Å². The third-order valence-corrected chi connectivity index (χ3v) is 1.95. The number of carbonyl (C=O) groups excluding carboxylic acids is 1. The van der Waals surface area contributed by atoms with E-state index in [4.69, 9.17) is 0 Å². The second-order valence-electron chi connectivity index (χ2n) is 3.23. The van der Waals surface area contributed by atoms with E-state index in [1.54, 1.807) is 12.1 Å². The lowest BCUT2D eigenvalue weighted by atomic mass is 10.3. The Morgan fingerprint density at radius 3 is 2.59 bits per heavy atom. The molecule has 2 amide bonds. The molecule has 0 saturated carbocycles. The van der Waals surface area contributed by atoms with Gasteiger partial charge in [0.25, 0.3) is 0 Å². The van der Waals surface area contributed by atoms with E-state index < -0.39 is 11.7 Å². The van der Waals surface area contributed by atoms with Crippen molar-refractivity contribution < 1.29 is 4.79 Å². The predicted octanol–water partition coefficient (Wildman–Crippen LogP) is 1.41. The van der Waals surface area contributed by atoms with Gasteiger partial charge in [0.15, 0.2) is 0 Å². The summed E-state index contributed by atoms with van der Waals surface area (Å²) in [6, 6.07) is 10.0. The first-order chi connectivity index (χ1) is 8.24. The lowest BCUT2D eigenvalue weighted by Gasteiger charge is -2.06. The van der Waals surface area contributed by atoms with E-state index in [0.717, 1.165) is 0 Å². The summed E-state index contributed by atoms with van der Waals surface area (Å²) < 4.78 is 0. The molecule has 1 heterocycles. The molecular weight excluding hydrogens is 220 g/mol. The summed E-state index contributed by atoms with van der Waals surface area (Å²) in [4.78, 5) is 28.3. The Balaban J connectivity index is 2.01. The van der Waals surface area contributed by atoms with E-state index in [0.29, 0.717) is 11.5 Å². The molecule has 17 heavy (non-hydrogen) atoms. The number of para-hydroxylation sites is 1. The number of H-pyrrole nitrogens is 1. The number of rotatable bonds is 2. The Labute approximate surface area is 96.7 Å². The largest absolute Gasteiger partial charge is 0.346 e. The van der Waals surface area contributed by atoms with Crippen LogP contribution < -0.4 is 16.3 Å². The van der Waals surface area contributed by atoms with Gasteiger partial charge in [0.05, 0.1) is 0 Å². The van der Waals surface area contributed by atoms with Gasteiger partial charge in [-0.3, -0.25) is 10.3 Å². The molecular formula is C11H10N4O2. The SMILES string of the molecule is O=C(Nc1ccccc1)Nc1ccnc(=O)[nH]1. The number of anilines is 2. The Kier molecular flexibility index (Phi) is 3.15. The first-order valence-corrected chi connectivity index (χ1v) is 4.92. The summed E-state index contributed by atoms with van der Waals surface area (Å²) in [5.74, 6) is 0.290. The quantitative estimate of drug-likeness (QED) is 0.729. The van der Waals surface area contributed by atoms with Crippen LogP contribution in [0.3, 0.4) is 0 Å². The first kappa shape index (κ1) is 10.9. The lowest BCUT2D eigenvalue weighted by molar-refractivity contribution is 0.262. The number of benzene rings is 1. The molecule has 3 N–H and O–H groups in total. The molecule has 0 spiro atoms. The van der Waals surface area contributed by atoms with Crippen molar-refractivity contribution in [3.63, 3.8) is 0 Å². The Morgan fingerprint density at radius 2 is 1.88 bits per heavy atom. The first-order valence-electron chi connectivity index (χ1n) is 4.92. The molecule has 0 atom stereocenters. The number of nitrogens with one attached hydrogen (secondary N) is 3. The number of nitrogens with zero attached hydrogens (tertiary/aromatic N) is 1. The highest BCUT2D eigenvalue weighted by Gasteiger charge is 2.02. The second-order valence-corrected chi connectivity index (χ2v) is 3.23. The van der Waals surface area contributed by atoms with E-state index in [-0.39, 0.29) is 0 Å². The van der Waals surface area contributed by atoms with Gasteiger partial charge in [0.2, 0.25) is 0 Å². The minimum absolute atomic E-state index is 0.290. The fourth-order valence-corrected chi connectivity index (χ4v) is 1.25. The van der Waals surface area contributed by atoms with E-state index >= 15 is 0 Å². The number of aromatic amines is 1. The molecule has 2 rings (SSSR count). The smallest absolute Gasteiger partial charge is 0.308 e. The molecule has 0 aliphatic carbocycles. The van der Waals surface area contributed by atoms with Crippen molar-refractivity contribution >= 4 is 17.5 Å². The van der Waals surface area contributed by atoms with Crippen LogP contribution in [0.2, 0.25) is 0 Å². The van der Waals surface area contributed by atoms with Crippen LogP contribution in [0, 0.1) is 0 Å². The van der Waals surface area contributed by atoms with Gasteiger partial charge in [0.1, 0.15) is 5.82 Å². The van der Waals surface area contributed by atoms with Crippen LogP contribution >= 0.6 is 0 Å². The fourth-order valence-electron chi connectivity index (χ4n) is 1.25. The fraction of sp³-hybridized carbons (Fsp3) is 0. The highest BCUT2D eigenvalue weighted by molar-refractivity contribution is 5.99. The third kappa shape index (κ3) is 3.16.